The van der Waals surface area contributed by atoms with E-state index >= 15 is 0 Å². The van der Waals surface area contributed by atoms with Crippen LogP contribution in [0.2, 0.25) is 0 Å². The molecule has 0 aliphatic heterocycles. The van der Waals surface area contributed by atoms with Crippen molar-refractivity contribution in [2.24, 2.45) is 0 Å². The molecule has 0 spiro atoms. The molecule has 0 atom stereocenters. The molecule has 0 radical (unpaired) electrons. The van der Waals surface area contributed by atoms with Crippen LogP contribution in [0.1, 0.15) is 25.8 Å². The number of allylic oxidation sites excluding steroid dienone is 1. The maximum absolute atomic E-state index is 2.23. The zero-order chi connectivity index (χ0) is 7.40. The SMILES string of the molecule is CCC(C)=Cc1ccsc1. The van der Waals surface area contributed by atoms with E-state index in [0.29, 0.717) is 0 Å². The van der Waals surface area contributed by atoms with Gasteiger partial charge in [0, 0.05) is 0 Å². The summed E-state index contributed by atoms with van der Waals surface area (Å²) in [7, 11) is 0. The van der Waals surface area contributed by atoms with E-state index in [0.717, 1.165) is 6.42 Å². The lowest BCUT2D eigenvalue weighted by molar-refractivity contribution is 1.11. The summed E-state index contributed by atoms with van der Waals surface area (Å²) < 4.78 is 0. The summed E-state index contributed by atoms with van der Waals surface area (Å²) in [5, 5.41) is 4.27. The van der Waals surface area contributed by atoms with Gasteiger partial charge in [0.2, 0.25) is 0 Å². The molecule has 0 fully saturated rings. The second-order valence-electron chi connectivity index (χ2n) is 2.40. The Morgan fingerprint density at radius 3 is 3.00 bits per heavy atom. The van der Waals surface area contributed by atoms with Crippen LogP contribution in [0.4, 0.5) is 0 Å². The van der Waals surface area contributed by atoms with Crippen LogP contribution >= 0.6 is 11.3 Å². The third kappa shape index (κ3) is 1.99. The lowest BCUT2D eigenvalue weighted by Gasteiger charge is -1.91. The van der Waals surface area contributed by atoms with Crippen molar-refractivity contribution in [1.82, 2.24) is 0 Å². The molecule has 1 aromatic heterocycles. The van der Waals surface area contributed by atoms with Gasteiger partial charge in [0.15, 0.2) is 0 Å². The molecule has 10 heavy (non-hydrogen) atoms. The van der Waals surface area contributed by atoms with E-state index in [-0.39, 0.29) is 0 Å². The van der Waals surface area contributed by atoms with Crippen molar-refractivity contribution >= 4 is 17.4 Å². The van der Waals surface area contributed by atoms with Crippen LogP contribution in [0.25, 0.3) is 6.08 Å². The third-order valence-corrected chi connectivity index (χ3v) is 2.22. The van der Waals surface area contributed by atoms with Crippen LogP contribution in [0.3, 0.4) is 0 Å². The molecule has 0 bridgehead atoms. The van der Waals surface area contributed by atoms with Gasteiger partial charge in [-0.15, -0.1) is 0 Å². The van der Waals surface area contributed by atoms with Crippen LogP contribution in [0, 0.1) is 0 Å². The first-order valence-electron chi connectivity index (χ1n) is 3.52. The van der Waals surface area contributed by atoms with Crippen LogP contribution < -0.4 is 0 Å². The Hall–Kier alpha value is -0.560. The molecule has 1 heteroatoms. The highest BCUT2D eigenvalue weighted by atomic mass is 32.1. The molecule has 0 saturated heterocycles. The molecule has 0 amide bonds. The van der Waals surface area contributed by atoms with Crippen molar-refractivity contribution in [2.45, 2.75) is 20.3 Å². The molecule has 54 valence electrons. The van der Waals surface area contributed by atoms with Gasteiger partial charge in [0.1, 0.15) is 0 Å². The van der Waals surface area contributed by atoms with Crippen molar-refractivity contribution in [3.8, 4) is 0 Å². The van der Waals surface area contributed by atoms with Gasteiger partial charge in [0.05, 0.1) is 0 Å². The highest BCUT2D eigenvalue weighted by Crippen LogP contribution is 2.11. The zero-order valence-electron chi connectivity index (χ0n) is 6.42. The van der Waals surface area contributed by atoms with Gasteiger partial charge in [-0.05, 0) is 35.7 Å². The molecule has 0 saturated carbocycles. The fourth-order valence-corrected chi connectivity index (χ4v) is 1.36. The second kappa shape index (κ2) is 3.57. The quantitative estimate of drug-likeness (QED) is 0.608. The molecule has 0 N–H and O–H groups in total. The molecular weight excluding hydrogens is 140 g/mol. The van der Waals surface area contributed by atoms with Gasteiger partial charge >= 0.3 is 0 Å². The number of hydrogen-bond acceptors (Lipinski definition) is 1. The highest BCUT2D eigenvalue weighted by molar-refractivity contribution is 7.08. The van der Waals surface area contributed by atoms with Gasteiger partial charge in [-0.1, -0.05) is 18.6 Å². The summed E-state index contributed by atoms with van der Waals surface area (Å²) in [5.41, 5.74) is 2.78. The van der Waals surface area contributed by atoms with Crippen molar-refractivity contribution in [1.29, 1.82) is 0 Å². The van der Waals surface area contributed by atoms with E-state index in [1.54, 1.807) is 11.3 Å². The molecule has 1 rings (SSSR count). The minimum atomic E-state index is 1.15. The average molecular weight is 152 g/mol. The first-order chi connectivity index (χ1) is 4.83. The fourth-order valence-electron chi connectivity index (χ4n) is 0.744. The van der Waals surface area contributed by atoms with Gasteiger partial charge in [0.25, 0.3) is 0 Å². The van der Waals surface area contributed by atoms with Crippen LogP contribution in [0.5, 0.6) is 0 Å². The van der Waals surface area contributed by atoms with E-state index in [2.05, 4.69) is 36.7 Å². The highest BCUT2D eigenvalue weighted by Gasteiger charge is 1.87. The predicted molar refractivity (Wildman–Crippen MR) is 48.3 cm³/mol. The van der Waals surface area contributed by atoms with E-state index in [9.17, 15) is 0 Å². The summed E-state index contributed by atoms with van der Waals surface area (Å²) >= 11 is 1.75. The Balaban J connectivity index is 2.71. The molecule has 0 unspecified atom stereocenters. The maximum atomic E-state index is 2.23. The normalized spacial score (nSPS) is 12.0. The Kier molecular flexibility index (Phi) is 2.69. The minimum Gasteiger partial charge on any atom is -0.152 e. The number of rotatable bonds is 2. The molecular formula is C9H12S. The number of hydrogen-bond donors (Lipinski definition) is 0. The summed E-state index contributed by atoms with van der Waals surface area (Å²) in [6.07, 6.45) is 3.38. The maximum Gasteiger partial charge on any atom is -0.00208 e. The Labute approximate surface area is 66.2 Å². The first-order valence-corrected chi connectivity index (χ1v) is 4.46. The summed E-state index contributed by atoms with van der Waals surface area (Å²) in [5.74, 6) is 0. The van der Waals surface area contributed by atoms with Crippen LogP contribution in [-0.4, -0.2) is 0 Å². The first kappa shape index (κ1) is 7.55. The standard InChI is InChI=1S/C9H12S/c1-3-8(2)6-9-4-5-10-7-9/h4-7H,3H2,1-2H3. The van der Waals surface area contributed by atoms with E-state index in [1.165, 1.54) is 11.1 Å². The summed E-state index contributed by atoms with van der Waals surface area (Å²) in [6.45, 7) is 4.34. The average Bonchev–Trinajstić information content (AvgIpc) is 2.40. The smallest absolute Gasteiger partial charge is 0.00208 e. The van der Waals surface area contributed by atoms with Crippen molar-refractivity contribution < 1.29 is 0 Å². The molecule has 0 nitrogen and oxygen atoms in total. The fraction of sp³-hybridized carbons (Fsp3) is 0.333. The van der Waals surface area contributed by atoms with Crippen molar-refractivity contribution in [3.63, 3.8) is 0 Å². The molecule has 1 heterocycles. The second-order valence-corrected chi connectivity index (χ2v) is 3.18. The van der Waals surface area contributed by atoms with Crippen molar-refractivity contribution in [3.05, 3.63) is 28.0 Å². The van der Waals surface area contributed by atoms with Gasteiger partial charge < -0.3 is 0 Å². The third-order valence-electron chi connectivity index (χ3n) is 1.51. The van der Waals surface area contributed by atoms with E-state index in [1.807, 2.05) is 0 Å². The van der Waals surface area contributed by atoms with E-state index < -0.39 is 0 Å². The van der Waals surface area contributed by atoms with Gasteiger partial charge in [-0.25, -0.2) is 0 Å². The Morgan fingerprint density at radius 1 is 1.70 bits per heavy atom. The minimum absolute atomic E-state index is 1.15. The van der Waals surface area contributed by atoms with Crippen molar-refractivity contribution in [2.75, 3.05) is 0 Å². The monoisotopic (exact) mass is 152 g/mol. The zero-order valence-corrected chi connectivity index (χ0v) is 7.24. The lowest BCUT2D eigenvalue weighted by Crippen LogP contribution is -1.69. The Morgan fingerprint density at radius 2 is 2.50 bits per heavy atom. The number of thiophene rings is 1. The predicted octanol–water partition coefficient (Wildman–Crippen LogP) is 3.56. The molecule has 1 aromatic rings. The summed E-state index contributed by atoms with van der Waals surface area (Å²) in [4.78, 5) is 0. The molecule has 0 aromatic carbocycles. The summed E-state index contributed by atoms with van der Waals surface area (Å²) in [6, 6.07) is 2.14. The van der Waals surface area contributed by atoms with Crippen LogP contribution in [0.15, 0.2) is 22.4 Å². The lowest BCUT2D eigenvalue weighted by atomic mass is 10.2. The Bertz CT molecular complexity index is 207. The molecule has 0 aliphatic rings. The largest absolute Gasteiger partial charge is 0.152 e. The van der Waals surface area contributed by atoms with Crippen LogP contribution in [-0.2, 0) is 0 Å². The van der Waals surface area contributed by atoms with Gasteiger partial charge in [-0.3, -0.25) is 0 Å². The topological polar surface area (TPSA) is 0 Å². The molecule has 0 aliphatic carbocycles. The van der Waals surface area contributed by atoms with Gasteiger partial charge in [-0.2, -0.15) is 11.3 Å². The van der Waals surface area contributed by atoms with E-state index in [4.69, 9.17) is 0 Å².